The molecule has 2 heteroatoms. The lowest BCUT2D eigenvalue weighted by molar-refractivity contribution is 0.113. The van der Waals surface area contributed by atoms with E-state index < -0.39 is 0 Å². The lowest BCUT2D eigenvalue weighted by Gasteiger charge is -1.98. The molecule has 1 unspecified atom stereocenters. The molecule has 48 valence electrons. The maximum absolute atomic E-state index is 8.60. The summed E-state index contributed by atoms with van der Waals surface area (Å²) >= 11 is 0. The van der Waals surface area contributed by atoms with Gasteiger partial charge in [-0.2, -0.15) is 0 Å². The summed E-state index contributed by atoms with van der Waals surface area (Å²) in [7, 11) is 0. The van der Waals surface area contributed by atoms with Crippen LogP contribution in [0.4, 0.5) is 0 Å². The predicted octanol–water partition coefficient (Wildman–Crippen LogP) is 0.404. The van der Waals surface area contributed by atoms with Gasteiger partial charge < -0.3 is 9.84 Å². The van der Waals surface area contributed by atoms with Crippen LogP contribution >= 0.6 is 0 Å². The highest BCUT2D eigenvalue weighted by Crippen LogP contribution is 2.17. The fourth-order valence-corrected chi connectivity index (χ4v) is 1.03. The molecule has 1 aliphatic rings. The maximum atomic E-state index is 8.60. The molecule has 1 heterocycles. The molecule has 1 fully saturated rings. The molecule has 0 radical (unpaired) electrons. The van der Waals surface area contributed by atoms with E-state index in [0.717, 1.165) is 13.0 Å². The van der Waals surface area contributed by atoms with E-state index in [1.807, 2.05) is 6.92 Å². The highest BCUT2D eigenvalue weighted by atomic mass is 16.5. The minimum Gasteiger partial charge on any atom is -0.396 e. The highest BCUT2D eigenvalue weighted by Gasteiger charge is 2.20. The van der Waals surface area contributed by atoms with Crippen LogP contribution < -0.4 is 0 Å². The predicted molar refractivity (Wildman–Crippen MR) is 30.6 cm³/mol. The summed E-state index contributed by atoms with van der Waals surface area (Å²) in [5.41, 5.74) is 0. The monoisotopic (exact) mass is 116 g/mol. The second kappa shape index (κ2) is 2.46. The van der Waals surface area contributed by atoms with E-state index in [0.29, 0.717) is 12.0 Å². The van der Waals surface area contributed by atoms with Crippen LogP contribution in [0.3, 0.4) is 0 Å². The van der Waals surface area contributed by atoms with Crippen molar-refractivity contribution >= 4 is 0 Å². The normalized spacial score (nSPS) is 38.2. The molecule has 1 aliphatic heterocycles. The van der Waals surface area contributed by atoms with Gasteiger partial charge in [-0.25, -0.2) is 0 Å². The second-order valence-corrected chi connectivity index (χ2v) is 2.43. The van der Waals surface area contributed by atoms with E-state index in [1.54, 1.807) is 0 Å². The molecule has 1 N–H and O–H groups in total. The first-order valence-electron chi connectivity index (χ1n) is 3.05. The number of rotatable bonds is 1. The summed E-state index contributed by atoms with van der Waals surface area (Å²) in [6.45, 7) is 3.07. The van der Waals surface area contributed by atoms with Crippen LogP contribution in [0.1, 0.15) is 13.3 Å². The zero-order valence-corrected chi connectivity index (χ0v) is 5.13. The van der Waals surface area contributed by atoms with Crippen molar-refractivity contribution in [3.05, 3.63) is 0 Å². The molecule has 1 saturated heterocycles. The molecule has 0 saturated carbocycles. The van der Waals surface area contributed by atoms with E-state index >= 15 is 0 Å². The van der Waals surface area contributed by atoms with Crippen molar-refractivity contribution in [1.29, 1.82) is 0 Å². The Morgan fingerprint density at radius 1 is 1.75 bits per heavy atom. The van der Waals surface area contributed by atoms with Crippen LogP contribution in [0.15, 0.2) is 0 Å². The smallest absolute Gasteiger partial charge is 0.0551 e. The van der Waals surface area contributed by atoms with Gasteiger partial charge in [-0.15, -0.1) is 0 Å². The van der Waals surface area contributed by atoms with Gasteiger partial charge in [-0.05, 0) is 13.3 Å². The Kier molecular flexibility index (Phi) is 1.86. The third-order valence-corrected chi connectivity index (χ3v) is 1.54. The molecule has 1 rings (SSSR count). The molecule has 0 aliphatic carbocycles. The van der Waals surface area contributed by atoms with Gasteiger partial charge in [0.25, 0.3) is 0 Å². The molecule has 0 aromatic rings. The number of aliphatic hydroxyl groups is 1. The van der Waals surface area contributed by atoms with E-state index in [1.165, 1.54) is 0 Å². The SMILES string of the molecule is CC1C[C@H](CO)CO1. The minimum absolute atomic E-state index is 0.282. The lowest BCUT2D eigenvalue weighted by atomic mass is 10.1. The number of aliphatic hydroxyl groups excluding tert-OH is 1. The Hall–Kier alpha value is -0.0800. The molecule has 0 aromatic heterocycles. The molecule has 0 spiro atoms. The van der Waals surface area contributed by atoms with Gasteiger partial charge in [-0.1, -0.05) is 0 Å². The average molecular weight is 116 g/mol. The first-order chi connectivity index (χ1) is 3.83. The molecular weight excluding hydrogens is 104 g/mol. The van der Waals surface area contributed by atoms with Gasteiger partial charge in [0.05, 0.1) is 12.7 Å². The van der Waals surface area contributed by atoms with Crippen molar-refractivity contribution in [2.24, 2.45) is 5.92 Å². The van der Waals surface area contributed by atoms with Gasteiger partial charge in [0.2, 0.25) is 0 Å². The van der Waals surface area contributed by atoms with E-state index in [4.69, 9.17) is 9.84 Å². The standard InChI is InChI=1S/C6H12O2/c1-5-2-6(3-7)4-8-5/h5-7H,2-4H2,1H3/t5?,6-/m1/s1. The van der Waals surface area contributed by atoms with Crippen molar-refractivity contribution in [3.63, 3.8) is 0 Å². The zero-order valence-electron chi connectivity index (χ0n) is 5.13. The summed E-state index contributed by atoms with van der Waals surface area (Å²) in [5, 5.41) is 8.60. The first-order valence-corrected chi connectivity index (χ1v) is 3.05. The fraction of sp³-hybridized carbons (Fsp3) is 1.00. The Bertz CT molecular complexity index is 72.9. The van der Waals surface area contributed by atoms with E-state index in [2.05, 4.69) is 0 Å². The topological polar surface area (TPSA) is 29.5 Å². The van der Waals surface area contributed by atoms with Crippen LogP contribution in [-0.2, 0) is 4.74 Å². The van der Waals surface area contributed by atoms with Crippen LogP contribution in [0.2, 0.25) is 0 Å². The molecule has 8 heavy (non-hydrogen) atoms. The van der Waals surface area contributed by atoms with Crippen LogP contribution in [0, 0.1) is 5.92 Å². The minimum atomic E-state index is 0.282. The van der Waals surface area contributed by atoms with Gasteiger partial charge >= 0.3 is 0 Å². The van der Waals surface area contributed by atoms with E-state index in [-0.39, 0.29) is 6.61 Å². The van der Waals surface area contributed by atoms with Gasteiger partial charge in [-0.3, -0.25) is 0 Å². The lowest BCUT2D eigenvalue weighted by Crippen LogP contribution is -2.03. The van der Waals surface area contributed by atoms with Gasteiger partial charge in [0, 0.05) is 12.5 Å². The third kappa shape index (κ3) is 1.20. The van der Waals surface area contributed by atoms with E-state index in [9.17, 15) is 0 Å². The quantitative estimate of drug-likeness (QED) is 0.537. The Morgan fingerprint density at radius 2 is 2.50 bits per heavy atom. The van der Waals surface area contributed by atoms with Crippen molar-refractivity contribution in [2.75, 3.05) is 13.2 Å². The molecule has 0 bridgehead atoms. The molecule has 0 amide bonds. The van der Waals surface area contributed by atoms with Crippen molar-refractivity contribution in [3.8, 4) is 0 Å². The Labute approximate surface area is 49.5 Å². The Balaban J connectivity index is 2.22. The van der Waals surface area contributed by atoms with Crippen molar-refractivity contribution in [2.45, 2.75) is 19.4 Å². The third-order valence-electron chi connectivity index (χ3n) is 1.54. The summed E-state index contributed by atoms with van der Waals surface area (Å²) in [6.07, 6.45) is 1.39. The summed E-state index contributed by atoms with van der Waals surface area (Å²) in [6, 6.07) is 0. The molecule has 0 aromatic carbocycles. The van der Waals surface area contributed by atoms with Crippen LogP contribution in [-0.4, -0.2) is 24.4 Å². The molecular formula is C6H12O2. The van der Waals surface area contributed by atoms with Crippen LogP contribution in [0.5, 0.6) is 0 Å². The average Bonchev–Trinajstić information content (AvgIpc) is 2.14. The molecule has 2 atom stereocenters. The number of ether oxygens (including phenoxy) is 1. The summed E-state index contributed by atoms with van der Waals surface area (Å²) in [5.74, 6) is 0.407. The second-order valence-electron chi connectivity index (χ2n) is 2.43. The van der Waals surface area contributed by atoms with Gasteiger partial charge in [0.1, 0.15) is 0 Å². The van der Waals surface area contributed by atoms with Crippen molar-refractivity contribution in [1.82, 2.24) is 0 Å². The van der Waals surface area contributed by atoms with Gasteiger partial charge in [0.15, 0.2) is 0 Å². The fourth-order valence-electron chi connectivity index (χ4n) is 1.03. The molecule has 2 nitrogen and oxygen atoms in total. The number of hydrogen-bond donors (Lipinski definition) is 1. The summed E-state index contributed by atoms with van der Waals surface area (Å²) < 4.78 is 5.20. The highest BCUT2D eigenvalue weighted by molar-refractivity contribution is 4.68. The van der Waals surface area contributed by atoms with Crippen LogP contribution in [0.25, 0.3) is 0 Å². The largest absolute Gasteiger partial charge is 0.396 e. The Morgan fingerprint density at radius 3 is 2.75 bits per heavy atom. The first kappa shape index (κ1) is 6.05. The zero-order chi connectivity index (χ0) is 5.98. The van der Waals surface area contributed by atoms with Crippen molar-refractivity contribution < 1.29 is 9.84 Å². The maximum Gasteiger partial charge on any atom is 0.0551 e. The summed E-state index contributed by atoms with van der Waals surface area (Å²) in [4.78, 5) is 0. The number of hydrogen-bond acceptors (Lipinski definition) is 2.